The standard InChI is InChI=1S/C23H28Cl2N2O2/c1-3-5-14-26-23(29)21(4-2)27(16-18-8-12-20(25)13-9-18)22(28)15-17-6-10-19(24)11-7-17/h6-13,21H,3-5,14-16H2,1-2H3,(H,26,29)/t21-/m1/s1. The van der Waals surface area contributed by atoms with Crippen LogP contribution in [-0.2, 0) is 22.6 Å². The van der Waals surface area contributed by atoms with Crippen LogP contribution in [-0.4, -0.2) is 29.3 Å². The van der Waals surface area contributed by atoms with Gasteiger partial charge in [-0.15, -0.1) is 0 Å². The molecule has 2 amide bonds. The molecule has 0 saturated carbocycles. The summed E-state index contributed by atoms with van der Waals surface area (Å²) in [5.41, 5.74) is 1.79. The van der Waals surface area contributed by atoms with Crippen LogP contribution in [0, 0.1) is 0 Å². The highest BCUT2D eigenvalue weighted by Gasteiger charge is 2.28. The second-order valence-electron chi connectivity index (χ2n) is 7.02. The van der Waals surface area contributed by atoms with Crippen molar-refractivity contribution < 1.29 is 9.59 Å². The van der Waals surface area contributed by atoms with E-state index in [1.54, 1.807) is 29.2 Å². The predicted octanol–water partition coefficient (Wildman–Crippen LogP) is 5.26. The van der Waals surface area contributed by atoms with E-state index >= 15 is 0 Å². The minimum Gasteiger partial charge on any atom is -0.354 e. The molecule has 0 heterocycles. The summed E-state index contributed by atoms with van der Waals surface area (Å²) in [6, 6.07) is 14.0. The van der Waals surface area contributed by atoms with Crippen molar-refractivity contribution >= 4 is 35.0 Å². The summed E-state index contributed by atoms with van der Waals surface area (Å²) in [6.07, 6.45) is 2.67. The maximum atomic E-state index is 13.2. The van der Waals surface area contributed by atoms with Gasteiger partial charge in [-0.25, -0.2) is 0 Å². The van der Waals surface area contributed by atoms with Crippen molar-refractivity contribution in [1.82, 2.24) is 10.2 Å². The van der Waals surface area contributed by atoms with Crippen LogP contribution in [0.25, 0.3) is 0 Å². The molecule has 0 spiro atoms. The average Bonchev–Trinajstić information content (AvgIpc) is 2.71. The molecule has 4 nitrogen and oxygen atoms in total. The summed E-state index contributed by atoms with van der Waals surface area (Å²) in [7, 11) is 0. The molecular formula is C23H28Cl2N2O2. The first kappa shape index (κ1) is 23.2. The molecule has 2 aromatic rings. The predicted molar refractivity (Wildman–Crippen MR) is 119 cm³/mol. The zero-order valence-electron chi connectivity index (χ0n) is 17.0. The van der Waals surface area contributed by atoms with Crippen molar-refractivity contribution in [2.45, 2.75) is 52.1 Å². The lowest BCUT2D eigenvalue weighted by atomic mass is 10.1. The maximum Gasteiger partial charge on any atom is 0.242 e. The highest BCUT2D eigenvalue weighted by molar-refractivity contribution is 6.30. The van der Waals surface area contributed by atoms with Gasteiger partial charge in [0.2, 0.25) is 11.8 Å². The van der Waals surface area contributed by atoms with Gasteiger partial charge in [0, 0.05) is 23.1 Å². The Morgan fingerprint density at radius 3 is 2.00 bits per heavy atom. The van der Waals surface area contributed by atoms with E-state index in [9.17, 15) is 9.59 Å². The molecule has 0 saturated heterocycles. The Morgan fingerprint density at radius 1 is 0.931 bits per heavy atom. The normalized spacial score (nSPS) is 11.7. The summed E-state index contributed by atoms with van der Waals surface area (Å²) in [6.45, 7) is 4.97. The van der Waals surface area contributed by atoms with E-state index < -0.39 is 6.04 Å². The molecule has 0 aromatic heterocycles. The average molecular weight is 435 g/mol. The van der Waals surface area contributed by atoms with Gasteiger partial charge >= 0.3 is 0 Å². The Balaban J connectivity index is 2.22. The van der Waals surface area contributed by atoms with E-state index in [0.29, 0.717) is 29.6 Å². The SMILES string of the molecule is CCCCNC(=O)[C@@H](CC)N(Cc1ccc(Cl)cc1)C(=O)Cc1ccc(Cl)cc1. The third kappa shape index (κ3) is 7.37. The first-order valence-electron chi connectivity index (χ1n) is 10.0. The first-order chi connectivity index (χ1) is 13.9. The lowest BCUT2D eigenvalue weighted by Gasteiger charge is -2.31. The zero-order chi connectivity index (χ0) is 21.2. The molecule has 1 atom stereocenters. The number of amides is 2. The van der Waals surface area contributed by atoms with Gasteiger partial charge in [-0.05, 0) is 48.2 Å². The topological polar surface area (TPSA) is 49.4 Å². The van der Waals surface area contributed by atoms with Crippen LogP contribution in [0.4, 0.5) is 0 Å². The second kappa shape index (κ2) is 11.8. The fourth-order valence-electron chi connectivity index (χ4n) is 3.09. The van der Waals surface area contributed by atoms with Gasteiger partial charge in [0.15, 0.2) is 0 Å². The number of carbonyl (C=O) groups is 2. The van der Waals surface area contributed by atoms with Gasteiger partial charge in [0.1, 0.15) is 6.04 Å². The van der Waals surface area contributed by atoms with Gasteiger partial charge in [0.25, 0.3) is 0 Å². The van der Waals surface area contributed by atoms with Crippen molar-refractivity contribution in [2.24, 2.45) is 0 Å². The molecule has 29 heavy (non-hydrogen) atoms. The van der Waals surface area contributed by atoms with Crippen LogP contribution < -0.4 is 5.32 Å². The Bertz CT molecular complexity index is 792. The van der Waals surface area contributed by atoms with Gasteiger partial charge in [-0.2, -0.15) is 0 Å². The molecule has 0 unspecified atom stereocenters. The number of rotatable bonds is 10. The molecule has 6 heteroatoms. The summed E-state index contributed by atoms with van der Waals surface area (Å²) < 4.78 is 0. The van der Waals surface area contributed by atoms with Gasteiger partial charge < -0.3 is 10.2 Å². The van der Waals surface area contributed by atoms with Crippen molar-refractivity contribution in [3.8, 4) is 0 Å². The summed E-state index contributed by atoms with van der Waals surface area (Å²) in [5.74, 6) is -0.209. The van der Waals surface area contributed by atoms with Crippen LogP contribution >= 0.6 is 23.2 Å². The molecule has 0 bridgehead atoms. The van der Waals surface area contributed by atoms with Crippen molar-refractivity contribution in [3.63, 3.8) is 0 Å². The van der Waals surface area contributed by atoms with E-state index in [1.807, 2.05) is 31.2 Å². The molecule has 2 rings (SSSR count). The third-order valence-corrected chi connectivity index (χ3v) is 5.25. The zero-order valence-corrected chi connectivity index (χ0v) is 18.5. The van der Waals surface area contributed by atoms with Crippen LogP contribution in [0.3, 0.4) is 0 Å². The number of hydrogen-bond acceptors (Lipinski definition) is 2. The van der Waals surface area contributed by atoms with Gasteiger partial charge in [0.05, 0.1) is 6.42 Å². The van der Waals surface area contributed by atoms with Crippen LogP contribution in [0.15, 0.2) is 48.5 Å². The van der Waals surface area contributed by atoms with E-state index in [1.165, 1.54) is 0 Å². The van der Waals surface area contributed by atoms with E-state index in [0.717, 1.165) is 24.0 Å². The summed E-state index contributed by atoms with van der Waals surface area (Å²) in [4.78, 5) is 27.6. The smallest absolute Gasteiger partial charge is 0.242 e. The Morgan fingerprint density at radius 2 is 1.48 bits per heavy atom. The van der Waals surface area contributed by atoms with Crippen molar-refractivity contribution in [3.05, 3.63) is 69.7 Å². The van der Waals surface area contributed by atoms with E-state index in [4.69, 9.17) is 23.2 Å². The fourth-order valence-corrected chi connectivity index (χ4v) is 3.34. The minimum atomic E-state index is -0.526. The van der Waals surface area contributed by atoms with Gasteiger partial charge in [-0.1, -0.05) is 67.7 Å². The van der Waals surface area contributed by atoms with Crippen LogP contribution in [0.1, 0.15) is 44.2 Å². The molecule has 156 valence electrons. The van der Waals surface area contributed by atoms with Gasteiger partial charge in [-0.3, -0.25) is 9.59 Å². The van der Waals surface area contributed by atoms with Crippen molar-refractivity contribution in [1.29, 1.82) is 0 Å². The van der Waals surface area contributed by atoms with E-state index in [2.05, 4.69) is 12.2 Å². The fraction of sp³-hybridized carbons (Fsp3) is 0.391. The molecule has 1 N–H and O–H groups in total. The number of halogens is 2. The largest absolute Gasteiger partial charge is 0.354 e. The molecule has 0 aliphatic rings. The number of hydrogen-bond donors (Lipinski definition) is 1. The third-order valence-electron chi connectivity index (χ3n) is 4.75. The summed E-state index contributed by atoms with van der Waals surface area (Å²) >= 11 is 11.9. The molecular weight excluding hydrogens is 407 g/mol. The molecule has 2 aromatic carbocycles. The number of nitrogens with zero attached hydrogens (tertiary/aromatic N) is 1. The van der Waals surface area contributed by atoms with Crippen LogP contribution in [0.5, 0.6) is 0 Å². The molecule has 0 aliphatic heterocycles. The van der Waals surface area contributed by atoms with Crippen molar-refractivity contribution in [2.75, 3.05) is 6.54 Å². The second-order valence-corrected chi connectivity index (χ2v) is 7.89. The minimum absolute atomic E-state index is 0.0974. The Labute approximate surface area is 183 Å². The Hall–Kier alpha value is -2.04. The number of carbonyl (C=O) groups excluding carboxylic acids is 2. The number of benzene rings is 2. The molecule has 0 radical (unpaired) electrons. The highest BCUT2D eigenvalue weighted by atomic mass is 35.5. The van der Waals surface area contributed by atoms with Crippen LogP contribution in [0.2, 0.25) is 10.0 Å². The lowest BCUT2D eigenvalue weighted by Crippen LogP contribution is -2.49. The monoisotopic (exact) mass is 434 g/mol. The quantitative estimate of drug-likeness (QED) is 0.518. The number of nitrogens with one attached hydrogen (secondary N) is 1. The summed E-state index contributed by atoms with van der Waals surface area (Å²) in [5, 5.41) is 4.23. The maximum absolute atomic E-state index is 13.2. The lowest BCUT2D eigenvalue weighted by molar-refractivity contribution is -0.140. The number of unbranched alkanes of at least 4 members (excludes halogenated alkanes) is 1. The Kier molecular flexibility index (Phi) is 9.49. The highest BCUT2D eigenvalue weighted by Crippen LogP contribution is 2.17. The first-order valence-corrected chi connectivity index (χ1v) is 10.8. The molecule has 0 aliphatic carbocycles. The van der Waals surface area contributed by atoms with E-state index in [-0.39, 0.29) is 18.2 Å². The molecule has 0 fully saturated rings.